The molecule has 2 N–H and O–H groups in total. The molecule has 0 saturated heterocycles. The Morgan fingerprint density at radius 1 is 1.00 bits per heavy atom. The quantitative estimate of drug-likeness (QED) is 0.667. The second-order valence-electron chi connectivity index (χ2n) is 5.78. The molecule has 0 saturated carbocycles. The molecule has 2 aromatic carbocycles. The van der Waals surface area contributed by atoms with Crippen molar-refractivity contribution in [3.05, 3.63) is 87.3 Å². The Morgan fingerprint density at radius 3 is 2.44 bits per heavy atom. The molecule has 3 aromatic rings. The average molecular weight is 378 g/mol. The lowest BCUT2D eigenvalue weighted by Gasteiger charge is -2.09. The third kappa shape index (κ3) is 5.13. The van der Waals surface area contributed by atoms with Gasteiger partial charge in [0.15, 0.2) is 0 Å². The first-order valence-electron chi connectivity index (χ1n) is 7.91. The van der Waals surface area contributed by atoms with Gasteiger partial charge >= 0.3 is 11.9 Å². The van der Waals surface area contributed by atoms with E-state index in [0.29, 0.717) is 5.56 Å². The zero-order valence-corrected chi connectivity index (χ0v) is 13.8. The first-order valence-corrected chi connectivity index (χ1v) is 7.91. The van der Waals surface area contributed by atoms with Gasteiger partial charge in [0.25, 0.3) is 0 Å². The maximum Gasteiger partial charge on any atom is 0.416 e. The maximum absolute atomic E-state index is 12.9. The second-order valence-corrected chi connectivity index (χ2v) is 5.78. The van der Waals surface area contributed by atoms with Gasteiger partial charge in [0.2, 0.25) is 5.95 Å². The van der Waals surface area contributed by atoms with Gasteiger partial charge in [-0.3, -0.25) is 4.98 Å². The van der Waals surface area contributed by atoms with Gasteiger partial charge in [-0.2, -0.15) is 23.1 Å². The summed E-state index contributed by atoms with van der Waals surface area (Å²) in [5, 5.41) is 2.84. The molecule has 0 atom stereocenters. The van der Waals surface area contributed by atoms with Crippen molar-refractivity contribution in [1.29, 1.82) is 0 Å². The number of hydrogen-bond acceptors (Lipinski definition) is 4. The van der Waals surface area contributed by atoms with Crippen molar-refractivity contribution in [2.75, 3.05) is 5.32 Å². The third-order valence-electron chi connectivity index (χ3n) is 3.69. The highest BCUT2D eigenvalue weighted by Crippen LogP contribution is 2.29. The highest BCUT2D eigenvalue weighted by atomic mass is 19.4. The van der Waals surface area contributed by atoms with E-state index in [2.05, 4.69) is 20.3 Å². The smallest absolute Gasteiger partial charge is 0.350 e. The first kappa shape index (κ1) is 18.6. The predicted octanol–water partition coefficient (Wildman–Crippen LogP) is 3.53. The van der Waals surface area contributed by atoms with E-state index < -0.39 is 17.4 Å². The summed E-state index contributed by atoms with van der Waals surface area (Å²) in [5.41, 5.74) is -0.344. The summed E-state index contributed by atoms with van der Waals surface area (Å²) >= 11 is 0. The number of aromatic amines is 1. The lowest BCUT2D eigenvalue weighted by molar-refractivity contribution is -0.137. The Bertz CT molecular complexity index is 984. The molecule has 9 heteroatoms. The van der Waals surface area contributed by atoms with Crippen molar-refractivity contribution in [3.8, 4) is 0 Å². The first-order chi connectivity index (χ1) is 12.8. The molecule has 0 bridgehead atoms. The summed E-state index contributed by atoms with van der Waals surface area (Å²) in [4.78, 5) is 21.9. The summed E-state index contributed by atoms with van der Waals surface area (Å²) in [6.07, 6.45) is -4.44. The molecule has 0 amide bonds. The van der Waals surface area contributed by atoms with E-state index in [4.69, 9.17) is 0 Å². The van der Waals surface area contributed by atoms with E-state index in [1.54, 1.807) is 12.1 Å². The van der Waals surface area contributed by atoms with Crippen LogP contribution in [0.2, 0.25) is 0 Å². The van der Waals surface area contributed by atoms with E-state index in [-0.39, 0.29) is 30.6 Å². The van der Waals surface area contributed by atoms with Crippen molar-refractivity contribution >= 4 is 5.95 Å². The van der Waals surface area contributed by atoms with Crippen LogP contribution in [0, 0.1) is 5.82 Å². The molecule has 5 nitrogen and oxygen atoms in total. The van der Waals surface area contributed by atoms with E-state index in [1.807, 2.05) is 0 Å². The largest absolute Gasteiger partial charge is 0.416 e. The molecular weight excluding hydrogens is 364 g/mol. The monoisotopic (exact) mass is 378 g/mol. The Kier molecular flexibility index (Phi) is 5.20. The molecule has 0 aliphatic heterocycles. The zero-order valence-electron chi connectivity index (χ0n) is 13.8. The van der Waals surface area contributed by atoms with Gasteiger partial charge in [-0.15, -0.1) is 0 Å². The van der Waals surface area contributed by atoms with E-state index in [9.17, 15) is 22.4 Å². The molecular formula is C18H14F4N4O. The maximum atomic E-state index is 12.9. The van der Waals surface area contributed by atoms with Gasteiger partial charge in [0, 0.05) is 13.0 Å². The van der Waals surface area contributed by atoms with Crippen LogP contribution < -0.4 is 11.0 Å². The minimum atomic E-state index is -4.45. The predicted molar refractivity (Wildman–Crippen MR) is 90.6 cm³/mol. The SMILES string of the molecule is O=c1nc(NCc2ccc(F)cc2)nc(Cc2cccc(C(F)(F)F)c2)[nH]1. The number of hydrogen-bond donors (Lipinski definition) is 2. The van der Waals surface area contributed by atoms with E-state index in [1.165, 1.54) is 24.3 Å². The summed E-state index contributed by atoms with van der Waals surface area (Å²) in [7, 11) is 0. The Hall–Kier alpha value is -3.23. The van der Waals surface area contributed by atoms with Crippen molar-refractivity contribution in [3.63, 3.8) is 0 Å². The molecule has 0 spiro atoms. The molecule has 140 valence electrons. The molecule has 1 aromatic heterocycles. The van der Waals surface area contributed by atoms with Gasteiger partial charge in [-0.1, -0.05) is 30.3 Å². The number of rotatable bonds is 5. The Labute approximate surface area is 151 Å². The summed E-state index contributed by atoms with van der Waals surface area (Å²) in [5.74, 6) is -0.157. The molecule has 0 fully saturated rings. The average Bonchev–Trinajstić information content (AvgIpc) is 2.60. The number of benzene rings is 2. The molecule has 1 heterocycles. The number of anilines is 1. The molecule has 27 heavy (non-hydrogen) atoms. The molecule has 0 aliphatic rings. The molecule has 0 unspecified atom stereocenters. The Balaban J connectivity index is 1.75. The highest BCUT2D eigenvalue weighted by Gasteiger charge is 2.30. The minimum Gasteiger partial charge on any atom is -0.350 e. The van der Waals surface area contributed by atoms with Crippen molar-refractivity contribution in [2.45, 2.75) is 19.1 Å². The van der Waals surface area contributed by atoms with E-state index in [0.717, 1.165) is 17.7 Å². The van der Waals surface area contributed by atoms with Gasteiger partial charge in [-0.25, -0.2) is 9.18 Å². The van der Waals surface area contributed by atoms with Crippen LogP contribution in [0.25, 0.3) is 0 Å². The number of halogens is 4. The molecule has 3 rings (SSSR count). The third-order valence-corrected chi connectivity index (χ3v) is 3.69. The van der Waals surface area contributed by atoms with Crippen LogP contribution in [0.1, 0.15) is 22.5 Å². The van der Waals surface area contributed by atoms with Gasteiger partial charge in [0.1, 0.15) is 11.6 Å². The fourth-order valence-electron chi connectivity index (χ4n) is 2.43. The number of aromatic nitrogens is 3. The van der Waals surface area contributed by atoms with Crippen molar-refractivity contribution in [2.24, 2.45) is 0 Å². The number of nitrogens with one attached hydrogen (secondary N) is 2. The van der Waals surface area contributed by atoms with Gasteiger partial charge < -0.3 is 5.32 Å². The van der Waals surface area contributed by atoms with E-state index >= 15 is 0 Å². The lowest BCUT2D eigenvalue weighted by Crippen LogP contribution is -2.19. The zero-order chi connectivity index (χ0) is 19.4. The molecule has 0 aliphatic carbocycles. The fourth-order valence-corrected chi connectivity index (χ4v) is 2.43. The van der Waals surface area contributed by atoms with Crippen LogP contribution in [0.3, 0.4) is 0 Å². The summed E-state index contributed by atoms with van der Waals surface area (Å²) in [6.45, 7) is 0.257. The second kappa shape index (κ2) is 7.56. The fraction of sp³-hybridized carbons (Fsp3) is 0.167. The van der Waals surface area contributed by atoms with Crippen LogP contribution >= 0.6 is 0 Å². The van der Waals surface area contributed by atoms with Crippen molar-refractivity contribution in [1.82, 2.24) is 15.0 Å². The number of H-pyrrole nitrogens is 1. The van der Waals surface area contributed by atoms with Crippen LogP contribution in [0.4, 0.5) is 23.5 Å². The van der Waals surface area contributed by atoms with Gasteiger partial charge in [-0.05, 0) is 29.3 Å². The normalized spacial score (nSPS) is 11.4. The van der Waals surface area contributed by atoms with Crippen LogP contribution in [-0.4, -0.2) is 15.0 Å². The highest BCUT2D eigenvalue weighted by molar-refractivity contribution is 5.30. The topological polar surface area (TPSA) is 70.7 Å². The number of alkyl halides is 3. The van der Waals surface area contributed by atoms with Crippen LogP contribution in [0.5, 0.6) is 0 Å². The molecule has 0 radical (unpaired) electrons. The summed E-state index contributed by atoms with van der Waals surface area (Å²) < 4.78 is 51.3. The summed E-state index contributed by atoms with van der Waals surface area (Å²) in [6, 6.07) is 10.5. The van der Waals surface area contributed by atoms with Crippen molar-refractivity contribution < 1.29 is 17.6 Å². The number of nitrogens with zero attached hydrogens (tertiary/aromatic N) is 2. The lowest BCUT2D eigenvalue weighted by atomic mass is 10.1. The minimum absolute atomic E-state index is 0.00685. The van der Waals surface area contributed by atoms with Crippen LogP contribution in [-0.2, 0) is 19.1 Å². The Morgan fingerprint density at radius 2 is 1.74 bits per heavy atom. The standard InChI is InChI=1S/C18H14F4N4O/c19-14-6-4-11(5-7-14)10-23-16-24-15(25-17(27)26-16)9-12-2-1-3-13(8-12)18(20,21)22/h1-8H,9-10H2,(H2,23,24,25,26,27). The van der Waals surface area contributed by atoms with Crippen LogP contribution in [0.15, 0.2) is 53.3 Å². The van der Waals surface area contributed by atoms with Gasteiger partial charge in [0.05, 0.1) is 5.56 Å².